The summed E-state index contributed by atoms with van der Waals surface area (Å²) in [6.07, 6.45) is 1.86. The summed E-state index contributed by atoms with van der Waals surface area (Å²) in [5.41, 5.74) is 1.70. The zero-order valence-electron chi connectivity index (χ0n) is 19.0. The van der Waals surface area contributed by atoms with Crippen LogP contribution in [0.15, 0.2) is 36.5 Å². The molecule has 11 nitrogen and oxygen atoms in total. The van der Waals surface area contributed by atoms with Gasteiger partial charge in [-0.15, -0.1) is 0 Å². The molecular formula is C23H29N7O4. The molecule has 0 bridgehead atoms. The van der Waals surface area contributed by atoms with Crippen molar-refractivity contribution in [3.8, 4) is 5.88 Å². The van der Waals surface area contributed by atoms with Crippen LogP contribution >= 0.6 is 0 Å². The molecule has 0 spiro atoms. The van der Waals surface area contributed by atoms with Gasteiger partial charge in [0.1, 0.15) is 12.4 Å². The van der Waals surface area contributed by atoms with Crippen molar-refractivity contribution in [1.82, 2.24) is 19.9 Å². The Morgan fingerprint density at radius 2 is 1.79 bits per heavy atom. The lowest BCUT2D eigenvalue weighted by atomic mass is 10.2. The van der Waals surface area contributed by atoms with Gasteiger partial charge in [-0.1, -0.05) is 0 Å². The number of H-pyrrole nitrogens is 1. The molecule has 3 aromatic rings. The molecule has 4 heterocycles. The number of aromatic amines is 1. The van der Waals surface area contributed by atoms with Gasteiger partial charge in [0, 0.05) is 61.6 Å². The van der Waals surface area contributed by atoms with Crippen LogP contribution in [-0.4, -0.2) is 91.6 Å². The molecule has 2 saturated heterocycles. The maximum Gasteiger partial charge on any atom is 0.324 e. The Morgan fingerprint density at radius 3 is 2.62 bits per heavy atom. The van der Waals surface area contributed by atoms with E-state index in [2.05, 4.69) is 30.5 Å². The number of aromatic nitrogens is 3. The average Bonchev–Trinajstić information content (AvgIpc) is 3.33. The van der Waals surface area contributed by atoms with Gasteiger partial charge in [0.2, 0.25) is 11.8 Å². The Hall–Kier alpha value is -3.41. The molecule has 2 amide bonds. The molecular weight excluding hydrogens is 438 g/mol. The van der Waals surface area contributed by atoms with Crippen LogP contribution in [0.1, 0.15) is 0 Å². The zero-order valence-corrected chi connectivity index (χ0v) is 19.0. The fraction of sp³-hybridized carbons (Fsp3) is 0.435. The number of rotatable bonds is 7. The lowest BCUT2D eigenvalue weighted by Crippen LogP contribution is -2.39. The van der Waals surface area contributed by atoms with Crippen LogP contribution < -0.4 is 20.3 Å². The fourth-order valence-electron chi connectivity index (χ4n) is 3.97. The minimum absolute atomic E-state index is 0.373. The quantitative estimate of drug-likeness (QED) is 0.484. The number of nitrogens with one attached hydrogen (secondary N) is 3. The van der Waals surface area contributed by atoms with Crippen LogP contribution in [0.5, 0.6) is 5.88 Å². The number of hydrogen-bond donors (Lipinski definition) is 3. The van der Waals surface area contributed by atoms with E-state index in [1.54, 1.807) is 6.07 Å². The molecule has 0 aliphatic carbocycles. The molecule has 0 unspecified atom stereocenters. The highest BCUT2D eigenvalue weighted by molar-refractivity contribution is 6.00. The van der Waals surface area contributed by atoms with Gasteiger partial charge in [0.25, 0.3) is 0 Å². The van der Waals surface area contributed by atoms with E-state index in [9.17, 15) is 4.79 Å². The number of urea groups is 1. The molecule has 2 aromatic heterocycles. The standard InChI is InChI=1S/C23H29N7O4/c31-23(25-18-1-2-19-17(15-18)3-4-24-19)27-20-16-21(34-14-7-29-5-10-32-11-6-29)28-22(26-20)30-8-12-33-13-9-30/h1-4,15-16,24H,5-14H2,(H2,25,26,27,28,31). The van der Waals surface area contributed by atoms with Crippen molar-refractivity contribution in [3.63, 3.8) is 0 Å². The number of nitrogens with zero attached hydrogens (tertiary/aromatic N) is 4. The monoisotopic (exact) mass is 467 g/mol. The van der Waals surface area contributed by atoms with Crippen LogP contribution in [0.2, 0.25) is 0 Å². The molecule has 2 aliphatic rings. The third-order valence-electron chi connectivity index (χ3n) is 5.80. The van der Waals surface area contributed by atoms with Gasteiger partial charge >= 0.3 is 6.03 Å². The highest BCUT2D eigenvalue weighted by Gasteiger charge is 2.18. The van der Waals surface area contributed by atoms with E-state index < -0.39 is 0 Å². The summed E-state index contributed by atoms with van der Waals surface area (Å²) in [5, 5.41) is 6.70. The first kappa shape index (κ1) is 22.4. The molecule has 0 saturated carbocycles. The molecule has 2 fully saturated rings. The molecule has 1 aromatic carbocycles. The van der Waals surface area contributed by atoms with Crippen molar-refractivity contribution in [2.24, 2.45) is 0 Å². The Kier molecular flexibility index (Phi) is 7.03. The number of fused-ring (bicyclic) bond motifs is 1. The number of carbonyl (C=O) groups excluding carboxylic acids is 1. The molecule has 180 valence electrons. The summed E-state index contributed by atoms with van der Waals surface area (Å²) in [7, 11) is 0. The van der Waals surface area contributed by atoms with Crippen LogP contribution in [0.4, 0.5) is 22.2 Å². The van der Waals surface area contributed by atoms with Gasteiger partial charge in [0.15, 0.2) is 0 Å². The summed E-state index contributed by atoms with van der Waals surface area (Å²) in [5.74, 6) is 1.31. The Bertz CT molecular complexity index is 1110. The van der Waals surface area contributed by atoms with E-state index in [1.165, 1.54) is 0 Å². The second-order valence-corrected chi connectivity index (χ2v) is 8.15. The van der Waals surface area contributed by atoms with E-state index in [0.29, 0.717) is 56.2 Å². The van der Waals surface area contributed by atoms with E-state index in [-0.39, 0.29) is 6.03 Å². The maximum atomic E-state index is 12.7. The average molecular weight is 468 g/mol. The van der Waals surface area contributed by atoms with Crippen molar-refractivity contribution >= 4 is 34.4 Å². The van der Waals surface area contributed by atoms with Crippen molar-refractivity contribution in [2.45, 2.75) is 0 Å². The van der Waals surface area contributed by atoms with Crippen LogP contribution in [0, 0.1) is 0 Å². The van der Waals surface area contributed by atoms with E-state index in [1.807, 2.05) is 35.4 Å². The molecule has 34 heavy (non-hydrogen) atoms. The Morgan fingerprint density at radius 1 is 1.00 bits per heavy atom. The number of carbonyl (C=O) groups is 1. The highest BCUT2D eigenvalue weighted by atomic mass is 16.5. The predicted molar refractivity (Wildman–Crippen MR) is 129 cm³/mol. The minimum Gasteiger partial charge on any atom is -0.476 e. The number of anilines is 3. The lowest BCUT2D eigenvalue weighted by molar-refractivity contribution is 0.0320. The van der Waals surface area contributed by atoms with E-state index in [0.717, 1.165) is 43.8 Å². The van der Waals surface area contributed by atoms with Crippen molar-refractivity contribution < 1.29 is 19.0 Å². The SMILES string of the molecule is O=C(Nc1ccc2[nH]ccc2c1)Nc1cc(OCCN2CCOCC2)nc(N2CCOCC2)n1. The van der Waals surface area contributed by atoms with E-state index >= 15 is 0 Å². The normalized spacial score (nSPS) is 17.0. The zero-order chi connectivity index (χ0) is 23.2. The third-order valence-corrected chi connectivity index (χ3v) is 5.80. The summed E-state index contributed by atoms with van der Waals surface area (Å²) in [6, 6.07) is 8.89. The fourth-order valence-corrected chi connectivity index (χ4v) is 3.97. The van der Waals surface area contributed by atoms with Gasteiger partial charge in [-0.3, -0.25) is 10.2 Å². The lowest BCUT2D eigenvalue weighted by Gasteiger charge is -2.28. The second kappa shape index (κ2) is 10.7. The molecule has 3 N–H and O–H groups in total. The highest BCUT2D eigenvalue weighted by Crippen LogP contribution is 2.21. The number of morpholine rings is 2. The summed E-state index contributed by atoms with van der Waals surface area (Å²) >= 11 is 0. The van der Waals surface area contributed by atoms with Gasteiger partial charge in [-0.25, -0.2) is 4.79 Å². The van der Waals surface area contributed by atoms with Crippen molar-refractivity contribution in [3.05, 3.63) is 36.5 Å². The molecule has 2 aliphatic heterocycles. The number of ether oxygens (including phenoxy) is 3. The van der Waals surface area contributed by atoms with Gasteiger partial charge in [0.05, 0.1) is 26.4 Å². The van der Waals surface area contributed by atoms with Gasteiger partial charge < -0.3 is 29.4 Å². The molecule has 5 rings (SSSR count). The first-order valence-electron chi connectivity index (χ1n) is 11.5. The molecule has 0 atom stereocenters. The summed E-state index contributed by atoms with van der Waals surface area (Å²) in [4.78, 5) is 29.3. The summed E-state index contributed by atoms with van der Waals surface area (Å²) < 4.78 is 16.8. The number of benzene rings is 1. The third kappa shape index (κ3) is 5.74. The van der Waals surface area contributed by atoms with Crippen LogP contribution in [0.25, 0.3) is 10.9 Å². The second-order valence-electron chi connectivity index (χ2n) is 8.15. The number of amides is 2. The van der Waals surface area contributed by atoms with Gasteiger partial charge in [-0.05, 0) is 24.3 Å². The number of hydrogen-bond acceptors (Lipinski definition) is 8. The summed E-state index contributed by atoms with van der Waals surface area (Å²) in [6.45, 7) is 7.13. The Labute approximate surface area is 197 Å². The smallest absolute Gasteiger partial charge is 0.324 e. The van der Waals surface area contributed by atoms with Gasteiger partial charge in [-0.2, -0.15) is 9.97 Å². The topological polar surface area (TPSA) is 117 Å². The Balaban J connectivity index is 1.26. The van der Waals surface area contributed by atoms with Crippen LogP contribution in [0.3, 0.4) is 0 Å². The van der Waals surface area contributed by atoms with Crippen molar-refractivity contribution in [1.29, 1.82) is 0 Å². The van der Waals surface area contributed by atoms with Crippen molar-refractivity contribution in [2.75, 3.05) is 81.3 Å². The van der Waals surface area contributed by atoms with E-state index in [4.69, 9.17) is 14.2 Å². The molecule has 0 radical (unpaired) electrons. The van der Waals surface area contributed by atoms with Crippen LogP contribution in [-0.2, 0) is 9.47 Å². The minimum atomic E-state index is -0.388. The first-order valence-corrected chi connectivity index (χ1v) is 11.5. The largest absolute Gasteiger partial charge is 0.476 e. The first-order chi connectivity index (χ1) is 16.7. The molecule has 11 heteroatoms. The maximum absolute atomic E-state index is 12.7. The predicted octanol–water partition coefficient (Wildman–Crippen LogP) is 2.15.